The van der Waals surface area contributed by atoms with Gasteiger partial charge in [0.1, 0.15) is 30.3 Å². The highest BCUT2D eigenvalue weighted by molar-refractivity contribution is 6.26. The second kappa shape index (κ2) is 8.44. The number of alkyl halides is 1. The summed E-state index contributed by atoms with van der Waals surface area (Å²) in [4.78, 5) is 11.7. The maximum absolute atomic E-state index is 11.7. The molecule has 2 heterocycles. The second-order valence-electron chi connectivity index (χ2n) is 8.26. The van der Waals surface area contributed by atoms with Crippen molar-refractivity contribution in [3.63, 3.8) is 0 Å². The predicted molar refractivity (Wildman–Crippen MR) is 112 cm³/mol. The molecule has 0 N–H and O–H groups in total. The molecule has 162 valence electrons. The molecule has 0 saturated carbocycles. The number of halogens is 1. The molecule has 0 radical (unpaired) electrons. The van der Waals surface area contributed by atoms with Crippen molar-refractivity contribution < 1.29 is 28.5 Å². The Hall–Kier alpha value is -1.70. The smallest absolute Gasteiger partial charge is 0.321 e. The lowest BCUT2D eigenvalue weighted by atomic mass is 10.00. The molecular formula is C23H27ClO6. The number of hydrogen-bond acceptors (Lipinski definition) is 6. The highest BCUT2D eigenvalue weighted by Gasteiger charge is 2.57. The molecule has 30 heavy (non-hydrogen) atoms. The van der Waals surface area contributed by atoms with E-state index >= 15 is 0 Å². The summed E-state index contributed by atoms with van der Waals surface area (Å²) in [7, 11) is 0. The summed E-state index contributed by atoms with van der Waals surface area (Å²) in [6.45, 7) is 7.89. The molecule has 2 saturated heterocycles. The molecule has 7 heteroatoms. The number of carbonyl (C=O) groups is 1. The highest BCUT2D eigenvalue weighted by Crippen LogP contribution is 2.40. The Morgan fingerprint density at radius 1 is 1.20 bits per heavy atom. The summed E-state index contributed by atoms with van der Waals surface area (Å²) in [6, 6.07) is 12.4. The van der Waals surface area contributed by atoms with Gasteiger partial charge in [0.25, 0.3) is 0 Å². The van der Waals surface area contributed by atoms with Gasteiger partial charge in [-0.15, -0.1) is 11.6 Å². The fraction of sp³-hybridized carbons (Fsp3) is 0.522. The maximum atomic E-state index is 11.7. The van der Waals surface area contributed by atoms with E-state index in [-0.39, 0.29) is 5.88 Å². The van der Waals surface area contributed by atoms with Crippen molar-refractivity contribution in [1.82, 2.24) is 0 Å². The van der Waals surface area contributed by atoms with Crippen LogP contribution in [0.1, 0.15) is 31.9 Å². The van der Waals surface area contributed by atoms with E-state index in [9.17, 15) is 4.79 Å². The summed E-state index contributed by atoms with van der Waals surface area (Å²) < 4.78 is 29.8. The number of esters is 1. The van der Waals surface area contributed by atoms with Gasteiger partial charge in [0.2, 0.25) is 0 Å². The third-order valence-corrected chi connectivity index (χ3v) is 5.83. The molecule has 2 fully saturated rings. The minimum atomic E-state index is -0.771. The quantitative estimate of drug-likeness (QED) is 0.504. The van der Waals surface area contributed by atoms with Gasteiger partial charge in [-0.3, -0.25) is 4.79 Å². The van der Waals surface area contributed by atoms with Crippen molar-refractivity contribution in [2.75, 3.05) is 5.88 Å². The Balaban J connectivity index is 1.58. The lowest BCUT2D eigenvalue weighted by Gasteiger charge is -2.29. The number of hydrogen-bond donors (Lipinski definition) is 0. The summed E-state index contributed by atoms with van der Waals surface area (Å²) in [5.41, 5.74) is 2.25. The first-order chi connectivity index (χ1) is 14.3. The fourth-order valence-electron chi connectivity index (χ4n) is 4.19. The van der Waals surface area contributed by atoms with E-state index < -0.39 is 42.5 Å². The molecule has 2 aromatic carbocycles. The van der Waals surface area contributed by atoms with Crippen LogP contribution >= 0.6 is 11.6 Å². The molecule has 0 unspecified atom stereocenters. The summed E-state index contributed by atoms with van der Waals surface area (Å²) in [5.74, 6) is -1.49. The van der Waals surface area contributed by atoms with Crippen LogP contribution in [0.2, 0.25) is 0 Å². The van der Waals surface area contributed by atoms with Crippen LogP contribution in [-0.4, -0.2) is 48.3 Å². The van der Waals surface area contributed by atoms with Gasteiger partial charge in [0.05, 0.1) is 6.61 Å². The van der Waals surface area contributed by atoms with Gasteiger partial charge in [-0.2, -0.15) is 0 Å². The first-order valence-corrected chi connectivity index (χ1v) is 10.7. The summed E-state index contributed by atoms with van der Waals surface area (Å²) in [6.07, 6.45) is -2.55. The largest absolute Gasteiger partial charge is 0.459 e. The molecule has 5 atom stereocenters. The van der Waals surface area contributed by atoms with Crippen molar-refractivity contribution in [2.45, 2.75) is 70.8 Å². The molecule has 0 amide bonds. The second-order valence-corrected chi connectivity index (χ2v) is 8.52. The van der Waals surface area contributed by atoms with Gasteiger partial charge in [0.15, 0.2) is 12.1 Å². The highest BCUT2D eigenvalue weighted by atomic mass is 35.5. The van der Waals surface area contributed by atoms with Crippen LogP contribution in [0.15, 0.2) is 36.4 Å². The molecule has 4 rings (SSSR count). The number of carbonyl (C=O) groups excluding carboxylic acids is 1. The van der Waals surface area contributed by atoms with Crippen molar-refractivity contribution in [2.24, 2.45) is 0 Å². The molecule has 2 aliphatic heterocycles. The van der Waals surface area contributed by atoms with Crippen LogP contribution < -0.4 is 0 Å². The zero-order valence-corrected chi connectivity index (χ0v) is 18.3. The number of fused-ring (bicyclic) bond motifs is 2. The number of benzene rings is 2. The Kier molecular flexibility index (Phi) is 6.06. The molecule has 6 nitrogen and oxygen atoms in total. The molecule has 0 aliphatic carbocycles. The minimum Gasteiger partial charge on any atom is -0.459 e. The van der Waals surface area contributed by atoms with Gasteiger partial charge in [0, 0.05) is 0 Å². The third-order valence-electron chi connectivity index (χ3n) is 5.61. The van der Waals surface area contributed by atoms with Crippen LogP contribution in [0.25, 0.3) is 10.8 Å². The zero-order valence-electron chi connectivity index (χ0n) is 17.6. The Labute approximate surface area is 181 Å². The van der Waals surface area contributed by atoms with E-state index in [4.69, 9.17) is 35.3 Å². The van der Waals surface area contributed by atoms with Gasteiger partial charge >= 0.3 is 5.97 Å². The number of ether oxygens (including phenoxy) is 5. The first-order valence-electron chi connectivity index (χ1n) is 10.1. The van der Waals surface area contributed by atoms with Gasteiger partial charge in [-0.25, -0.2) is 0 Å². The normalized spacial score (nSPS) is 28.4. The molecule has 0 aromatic heterocycles. The average molecular weight is 435 g/mol. The van der Waals surface area contributed by atoms with E-state index in [0.29, 0.717) is 6.61 Å². The first kappa shape index (κ1) is 21.5. The SMILES string of the molecule is Cc1ccc2ccccc2c1CO[C@@H]1[C@H]2OC(C)(C)O[C@H]2O[C@@H]1[C@@H](C)OC(=O)CCl. The lowest BCUT2D eigenvalue weighted by Crippen LogP contribution is -2.43. The van der Waals surface area contributed by atoms with E-state index in [2.05, 4.69) is 31.2 Å². The molecule has 0 bridgehead atoms. The van der Waals surface area contributed by atoms with Crippen molar-refractivity contribution in [3.8, 4) is 0 Å². The van der Waals surface area contributed by atoms with E-state index in [1.165, 1.54) is 0 Å². The zero-order chi connectivity index (χ0) is 21.5. The molecule has 2 aromatic rings. The monoisotopic (exact) mass is 434 g/mol. The Bertz CT molecular complexity index is 929. The molecule has 2 aliphatic rings. The van der Waals surface area contributed by atoms with Crippen LogP contribution in [-0.2, 0) is 35.1 Å². The average Bonchev–Trinajstić information content (AvgIpc) is 3.19. The minimum absolute atomic E-state index is 0.218. The van der Waals surface area contributed by atoms with Crippen molar-refractivity contribution in [3.05, 3.63) is 47.5 Å². The lowest BCUT2D eigenvalue weighted by molar-refractivity contribution is -0.231. The molecular weight excluding hydrogens is 408 g/mol. The maximum Gasteiger partial charge on any atom is 0.321 e. The van der Waals surface area contributed by atoms with Crippen LogP contribution in [0.3, 0.4) is 0 Å². The third kappa shape index (κ3) is 4.20. The van der Waals surface area contributed by atoms with Gasteiger partial charge in [-0.1, -0.05) is 36.4 Å². The van der Waals surface area contributed by atoms with E-state index in [1.807, 2.05) is 26.0 Å². The predicted octanol–water partition coefficient (Wildman–Crippen LogP) is 4.08. The van der Waals surface area contributed by atoms with Crippen LogP contribution in [0.5, 0.6) is 0 Å². The topological polar surface area (TPSA) is 63.2 Å². The summed E-state index contributed by atoms with van der Waals surface area (Å²) in [5, 5.41) is 2.31. The Morgan fingerprint density at radius 2 is 1.97 bits per heavy atom. The standard InChI is InChI=1S/C23H27ClO6/c1-13-9-10-15-7-5-6-8-16(15)17(13)12-26-20-19(14(2)27-18(25)11-24)28-22-21(20)29-23(3,4)30-22/h5-10,14,19-22H,11-12H2,1-4H3/t14-,19-,20+,21-,22-/m1/s1. The van der Waals surface area contributed by atoms with Gasteiger partial charge in [-0.05, 0) is 49.6 Å². The number of rotatable bonds is 6. The van der Waals surface area contributed by atoms with E-state index in [1.54, 1.807) is 6.92 Å². The Morgan fingerprint density at radius 3 is 2.73 bits per heavy atom. The van der Waals surface area contributed by atoms with Gasteiger partial charge < -0.3 is 23.7 Å². The fourth-order valence-corrected chi connectivity index (χ4v) is 4.26. The van der Waals surface area contributed by atoms with E-state index in [0.717, 1.165) is 21.9 Å². The van der Waals surface area contributed by atoms with Crippen molar-refractivity contribution >= 4 is 28.3 Å². The summed E-state index contributed by atoms with van der Waals surface area (Å²) >= 11 is 5.59. The van der Waals surface area contributed by atoms with Crippen molar-refractivity contribution in [1.29, 1.82) is 0 Å². The van der Waals surface area contributed by atoms with Crippen LogP contribution in [0.4, 0.5) is 0 Å². The molecule has 0 spiro atoms. The number of aryl methyl sites for hydroxylation is 1. The van der Waals surface area contributed by atoms with Crippen LogP contribution in [0, 0.1) is 6.92 Å².